The molecule has 0 saturated carbocycles. The number of benzene rings is 2. The van der Waals surface area contributed by atoms with Gasteiger partial charge in [-0.25, -0.2) is 17.6 Å². The quantitative estimate of drug-likeness (QED) is 0.349. The molecule has 0 aliphatic rings. The van der Waals surface area contributed by atoms with Crippen molar-refractivity contribution < 1.29 is 22.4 Å². The van der Waals surface area contributed by atoms with E-state index < -0.39 is 29.0 Å². The molecule has 98 valence electrons. The van der Waals surface area contributed by atoms with Crippen LogP contribution >= 0.6 is 0 Å². The number of rotatable bonds is 2. The molecule has 7 heteroatoms. The van der Waals surface area contributed by atoms with Crippen molar-refractivity contribution in [3.63, 3.8) is 0 Å². The first-order valence-electron chi connectivity index (χ1n) is 5.05. The summed E-state index contributed by atoms with van der Waals surface area (Å²) in [7, 11) is 0. The molecule has 0 bridgehead atoms. The lowest BCUT2D eigenvalue weighted by Gasteiger charge is -2.00. The van der Waals surface area contributed by atoms with Gasteiger partial charge in [-0.05, 0) is 4.86 Å². The minimum atomic E-state index is -0.962. The number of hydrogen-bond acceptors (Lipinski definition) is 2. The van der Waals surface area contributed by atoms with Gasteiger partial charge in [0.15, 0.2) is 0 Å². The minimum absolute atomic E-state index is 0.125. The fourth-order valence-electron chi connectivity index (χ4n) is 1.41. The second-order valence-electron chi connectivity index (χ2n) is 3.63. The average Bonchev–Trinajstić information content (AvgIpc) is 2.25. The summed E-state index contributed by atoms with van der Waals surface area (Å²) in [6, 6.07) is 4.30. The first kappa shape index (κ1) is 13.0. The van der Waals surface area contributed by atoms with Gasteiger partial charge in [0.25, 0.3) is 5.69 Å². The molecule has 0 aliphatic heterocycles. The third-order valence-electron chi connectivity index (χ3n) is 2.12. The Morgan fingerprint density at radius 1 is 0.737 bits per heavy atom. The maximum atomic E-state index is 12.9. The van der Waals surface area contributed by atoms with Crippen LogP contribution in [0.25, 0.3) is 0 Å². The van der Waals surface area contributed by atoms with Gasteiger partial charge >= 0.3 is 0 Å². The smallest absolute Gasteiger partial charge is 0.250 e. The van der Waals surface area contributed by atoms with Crippen LogP contribution in [0.15, 0.2) is 41.5 Å². The van der Waals surface area contributed by atoms with Crippen LogP contribution in [-0.4, -0.2) is 4.86 Å². The predicted octanol–water partition coefficient (Wildman–Crippen LogP) is 4.17. The van der Waals surface area contributed by atoms with E-state index >= 15 is 0 Å². The van der Waals surface area contributed by atoms with Gasteiger partial charge < -0.3 is 5.21 Å². The Kier molecular flexibility index (Phi) is 3.46. The van der Waals surface area contributed by atoms with E-state index in [-0.39, 0.29) is 10.5 Å². The second-order valence-corrected chi connectivity index (χ2v) is 3.63. The topological polar surface area (TPSA) is 38.4 Å². The van der Waals surface area contributed by atoms with E-state index in [4.69, 9.17) is 0 Å². The summed E-state index contributed by atoms with van der Waals surface area (Å²) in [5.74, 6) is -3.76. The van der Waals surface area contributed by atoms with Crippen molar-refractivity contribution in [2.24, 2.45) is 5.11 Å². The van der Waals surface area contributed by atoms with Crippen LogP contribution in [0.3, 0.4) is 0 Å². The number of hydrogen-bond donors (Lipinski definition) is 0. The van der Waals surface area contributed by atoms with Crippen LogP contribution in [0.5, 0.6) is 0 Å². The Morgan fingerprint density at radius 2 is 1.16 bits per heavy atom. The van der Waals surface area contributed by atoms with Crippen molar-refractivity contribution in [3.05, 3.63) is 64.9 Å². The summed E-state index contributed by atoms with van der Waals surface area (Å²) >= 11 is 0. The lowest BCUT2D eigenvalue weighted by molar-refractivity contribution is -0.435. The van der Waals surface area contributed by atoms with Crippen molar-refractivity contribution >= 4 is 11.4 Å². The molecule has 2 aromatic carbocycles. The van der Waals surface area contributed by atoms with Crippen LogP contribution in [0, 0.1) is 28.5 Å². The van der Waals surface area contributed by atoms with Gasteiger partial charge in [-0.1, -0.05) is 0 Å². The van der Waals surface area contributed by atoms with Crippen LogP contribution in [-0.2, 0) is 0 Å². The van der Waals surface area contributed by atoms with Gasteiger partial charge in [0, 0.05) is 41.5 Å². The molecule has 0 fully saturated rings. The fraction of sp³-hybridized carbons (Fsp3) is 0. The van der Waals surface area contributed by atoms with E-state index in [0.29, 0.717) is 12.1 Å². The molecule has 0 aromatic heterocycles. The normalized spacial score (nSPS) is 11.7. The molecule has 3 nitrogen and oxygen atoms in total. The Bertz CT molecular complexity index is 618. The van der Waals surface area contributed by atoms with Crippen LogP contribution in [0.2, 0.25) is 0 Å². The molecule has 19 heavy (non-hydrogen) atoms. The van der Waals surface area contributed by atoms with E-state index in [1.54, 1.807) is 0 Å². The molecule has 2 rings (SSSR count). The van der Waals surface area contributed by atoms with Gasteiger partial charge in [0.2, 0.25) is 0 Å². The van der Waals surface area contributed by atoms with Crippen molar-refractivity contribution in [3.8, 4) is 0 Å². The summed E-state index contributed by atoms with van der Waals surface area (Å²) in [5, 5.41) is 14.8. The van der Waals surface area contributed by atoms with Crippen molar-refractivity contribution in [1.29, 1.82) is 0 Å². The highest BCUT2D eigenvalue weighted by molar-refractivity contribution is 5.37. The zero-order valence-electron chi connectivity index (χ0n) is 9.28. The number of azo groups is 1. The van der Waals surface area contributed by atoms with Gasteiger partial charge in [-0.2, -0.15) is 0 Å². The SMILES string of the molecule is [O-][N+](=Nc1cc(F)cc(F)c1)c1cc(F)cc(F)c1. The Morgan fingerprint density at radius 3 is 1.63 bits per heavy atom. The zero-order chi connectivity index (χ0) is 14.0. The summed E-state index contributed by atoms with van der Waals surface area (Å²) in [5.41, 5.74) is -0.737. The lowest BCUT2D eigenvalue weighted by atomic mass is 10.3. The van der Waals surface area contributed by atoms with Gasteiger partial charge in [-0.3, -0.25) is 0 Å². The standard InChI is InChI=1S/C12H6F4N2O/c13-7-1-8(14)4-11(3-7)17-18(19)12-5-9(15)2-10(16)6-12/h1-6H. The minimum Gasteiger partial charge on any atom is -0.594 e. The van der Waals surface area contributed by atoms with Crippen LogP contribution < -0.4 is 0 Å². The molecule has 0 saturated heterocycles. The second kappa shape index (κ2) is 5.05. The Hall–Kier alpha value is -2.44. The molecule has 0 radical (unpaired) electrons. The highest BCUT2D eigenvalue weighted by Gasteiger charge is 2.10. The monoisotopic (exact) mass is 270 g/mol. The largest absolute Gasteiger partial charge is 0.594 e. The number of halogens is 4. The summed E-state index contributed by atoms with van der Waals surface area (Å²) in [6.45, 7) is 0. The molecule has 0 atom stereocenters. The molecule has 0 unspecified atom stereocenters. The summed E-state index contributed by atoms with van der Waals surface area (Å²) in [6.07, 6.45) is 0. The molecule has 0 heterocycles. The van der Waals surface area contributed by atoms with Crippen LogP contribution in [0.1, 0.15) is 0 Å². The maximum absolute atomic E-state index is 12.9. The third kappa shape index (κ3) is 3.27. The van der Waals surface area contributed by atoms with Crippen molar-refractivity contribution in [1.82, 2.24) is 0 Å². The van der Waals surface area contributed by atoms with Gasteiger partial charge in [0.05, 0.1) is 0 Å². The molecular formula is C12H6F4N2O. The molecule has 2 aromatic rings. The molecule has 0 aliphatic carbocycles. The first-order chi connectivity index (χ1) is 8.94. The zero-order valence-corrected chi connectivity index (χ0v) is 9.28. The van der Waals surface area contributed by atoms with Crippen LogP contribution in [0.4, 0.5) is 28.9 Å². The highest BCUT2D eigenvalue weighted by atomic mass is 19.1. The fourth-order valence-corrected chi connectivity index (χ4v) is 1.41. The van der Waals surface area contributed by atoms with Gasteiger partial charge in [0.1, 0.15) is 29.0 Å². The summed E-state index contributed by atoms with van der Waals surface area (Å²) < 4.78 is 51.5. The average molecular weight is 270 g/mol. The lowest BCUT2D eigenvalue weighted by Crippen LogP contribution is -1.93. The maximum Gasteiger partial charge on any atom is 0.250 e. The molecular weight excluding hydrogens is 264 g/mol. The van der Waals surface area contributed by atoms with Crippen molar-refractivity contribution in [2.45, 2.75) is 0 Å². The molecule has 0 spiro atoms. The molecule has 0 amide bonds. The van der Waals surface area contributed by atoms with E-state index in [0.717, 1.165) is 24.3 Å². The van der Waals surface area contributed by atoms with E-state index in [9.17, 15) is 22.8 Å². The van der Waals surface area contributed by atoms with Gasteiger partial charge in [-0.15, -0.1) is 0 Å². The Balaban J connectivity index is 2.42. The van der Waals surface area contributed by atoms with Crippen molar-refractivity contribution in [2.75, 3.05) is 0 Å². The number of nitrogens with zero attached hydrogens (tertiary/aromatic N) is 2. The molecule has 0 N–H and O–H groups in total. The first-order valence-corrected chi connectivity index (χ1v) is 5.05. The van der Waals surface area contributed by atoms with E-state index in [1.807, 2.05) is 0 Å². The Labute approximate surface area is 105 Å². The third-order valence-corrected chi connectivity index (χ3v) is 2.12. The van der Waals surface area contributed by atoms with E-state index in [1.165, 1.54) is 0 Å². The van der Waals surface area contributed by atoms with E-state index in [2.05, 4.69) is 5.11 Å². The summed E-state index contributed by atoms with van der Waals surface area (Å²) in [4.78, 5) is -0.125. The highest BCUT2D eigenvalue weighted by Crippen LogP contribution is 2.21. The predicted molar refractivity (Wildman–Crippen MR) is 58.1 cm³/mol.